The maximum atomic E-state index is 8.24. The third kappa shape index (κ3) is 3.16. The number of oxime groups is 1. The Hall–Kier alpha value is -1.49. The van der Waals surface area contributed by atoms with Crippen molar-refractivity contribution in [3.63, 3.8) is 0 Å². The first-order valence-electron chi connectivity index (χ1n) is 3.95. The van der Waals surface area contributed by atoms with Crippen LogP contribution in [0.15, 0.2) is 21.7 Å². The first kappa shape index (κ1) is 9.60. The monoisotopic (exact) mass is 183 g/mol. The Morgan fingerprint density at radius 1 is 1.69 bits per heavy atom. The molecule has 0 saturated carbocycles. The minimum atomic E-state index is 0.156. The van der Waals surface area contributed by atoms with Crippen molar-refractivity contribution in [2.75, 3.05) is 6.54 Å². The third-order valence-electron chi connectivity index (χ3n) is 1.53. The van der Waals surface area contributed by atoms with Crippen LogP contribution in [0.25, 0.3) is 0 Å². The highest BCUT2D eigenvalue weighted by atomic mass is 16.4. The quantitative estimate of drug-likeness (QED) is 0.273. The zero-order valence-electron chi connectivity index (χ0n) is 7.45. The largest absolute Gasteiger partial charge is 0.465 e. The molecule has 0 atom stereocenters. The minimum absolute atomic E-state index is 0.156. The van der Waals surface area contributed by atoms with Gasteiger partial charge < -0.3 is 20.7 Å². The molecule has 0 bridgehead atoms. The van der Waals surface area contributed by atoms with Gasteiger partial charge in [0.2, 0.25) is 0 Å². The Balaban J connectivity index is 2.28. The summed E-state index contributed by atoms with van der Waals surface area (Å²) in [6.07, 6.45) is 0. The van der Waals surface area contributed by atoms with Crippen LogP contribution in [0.4, 0.5) is 0 Å². The molecule has 0 aliphatic carbocycles. The van der Waals surface area contributed by atoms with Gasteiger partial charge in [0.1, 0.15) is 11.5 Å². The van der Waals surface area contributed by atoms with Crippen molar-refractivity contribution in [1.82, 2.24) is 5.32 Å². The van der Waals surface area contributed by atoms with E-state index in [-0.39, 0.29) is 5.84 Å². The lowest BCUT2D eigenvalue weighted by Crippen LogP contribution is -2.28. The maximum absolute atomic E-state index is 8.24. The molecular weight excluding hydrogens is 170 g/mol. The van der Waals surface area contributed by atoms with Crippen LogP contribution in [0, 0.1) is 6.92 Å². The summed E-state index contributed by atoms with van der Waals surface area (Å²) in [7, 11) is 0. The SMILES string of the molecule is Cc1ccc(CNCC(N)=NO)o1. The van der Waals surface area contributed by atoms with Gasteiger partial charge in [-0.2, -0.15) is 0 Å². The van der Waals surface area contributed by atoms with E-state index in [9.17, 15) is 0 Å². The predicted molar refractivity (Wildman–Crippen MR) is 48.6 cm³/mol. The highest BCUT2D eigenvalue weighted by molar-refractivity contribution is 5.81. The Morgan fingerprint density at radius 2 is 2.46 bits per heavy atom. The predicted octanol–water partition coefficient (Wildman–Crippen LogP) is 0.424. The van der Waals surface area contributed by atoms with Gasteiger partial charge in [-0.15, -0.1) is 0 Å². The smallest absolute Gasteiger partial charge is 0.153 e. The summed E-state index contributed by atoms with van der Waals surface area (Å²) >= 11 is 0. The van der Waals surface area contributed by atoms with Gasteiger partial charge in [-0.3, -0.25) is 0 Å². The van der Waals surface area contributed by atoms with Gasteiger partial charge in [0.25, 0.3) is 0 Å². The van der Waals surface area contributed by atoms with Crippen LogP contribution in [0.1, 0.15) is 11.5 Å². The molecule has 0 radical (unpaired) electrons. The Labute approximate surface area is 76.2 Å². The zero-order chi connectivity index (χ0) is 9.68. The van der Waals surface area contributed by atoms with Gasteiger partial charge in [0.05, 0.1) is 13.1 Å². The summed E-state index contributed by atoms with van der Waals surface area (Å²) in [5.74, 6) is 1.87. The number of nitrogens with zero attached hydrogens (tertiary/aromatic N) is 1. The molecule has 0 amide bonds. The summed E-state index contributed by atoms with van der Waals surface area (Å²) in [6.45, 7) is 2.80. The average molecular weight is 183 g/mol. The topological polar surface area (TPSA) is 83.8 Å². The molecule has 0 spiro atoms. The summed E-state index contributed by atoms with van der Waals surface area (Å²) in [5, 5.41) is 14.0. The Kier molecular flexibility index (Phi) is 3.33. The average Bonchev–Trinajstić information content (AvgIpc) is 2.51. The molecule has 13 heavy (non-hydrogen) atoms. The second kappa shape index (κ2) is 4.51. The Morgan fingerprint density at radius 3 is 3.00 bits per heavy atom. The minimum Gasteiger partial charge on any atom is -0.465 e. The molecule has 0 aliphatic rings. The van der Waals surface area contributed by atoms with Gasteiger partial charge in [-0.05, 0) is 19.1 Å². The molecule has 1 aromatic heterocycles. The fourth-order valence-corrected chi connectivity index (χ4v) is 0.929. The van der Waals surface area contributed by atoms with E-state index in [0.717, 1.165) is 11.5 Å². The van der Waals surface area contributed by atoms with Crippen LogP contribution in [-0.4, -0.2) is 17.6 Å². The lowest BCUT2D eigenvalue weighted by atomic mass is 10.4. The van der Waals surface area contributed by atoms with Gasteiger partial charge in [-0.25, -0.2) is 0 Å². The Bertz CT molecular complexity index is 293. The molecule has 0 aliphatic heterocycles. The van der Waals surface area contributed by atoms with Crippen molar-refractivity contribution >= 4 is 5.84 Å². The molecule has 1 heterocycles. The van der Waals surface area contributed by atoms with E-state index in [1.165, 1.54) is 0 Å². The zero-order valence-corrected chi connectivity index (χ0v) is 7.45. The summed E-state index contributed by atoms with van der Waals surface area (Å²) < 4.78 is 5.29. The first-order chi connectivity index (χ1) is 6.22. The van der Waals surface area contributed by atoms with Crippen molar-refractivity contribution in [3.05, 3.63) is 23.7 Å². The van der Waals surface area contributed by atoms with Crippen LogP contribution < -0.4 is 11.1 Å². The second-order valence-corrected chi connectivity index (χ2v) is 2.71. The van der Waals surface area contributed by atoms with Crippen molar-refractivity contribution in [1.29, 1.82) is 0 Å². The molecule has 0 unspecified atom stereocenters. The number of nitrogens with two attached hydrogens (primary N) is 1. The summed E-state index contributed by atoms with van der Waals surface area (Å²) in [5.41, 5.74) is 5.25. The molecule has 4 N–H and O–H groups in total. The number of aryl methyl sites for hydroxylation is 1. The molecule has 5 heteroatoms. The fraction of sp³-hybridized carbons (Fsp3) is 0.375. The standard InChI is InChI=1S/C8H13N3O2/c1-6-2-3-7(13-6)4-10-5-8(9)11-12/h2-3,10,12H,4-5H2,1H3,(H2,9,11). The van der Waals surface area contributed by atoms with Crippen LogP contribution in [-0.2, 0) is 6.54 Å². The van der Waals surface area contributed by atoms with Crippen molar-refractivity contribution in [2.24, 2.45) is 10.9 Å². The number of amidine groups is 1. The number of hydrogen-bond donors (Lipinski definition) is 3. The molecule has 0 aromatic carbocycles. The number of rotatable bonds is 4. The van der Waals surface area contributed by atoms with Crippen molar-refractivity contribution in [3.8, 4) is 0 Å². The molecular formula is C8H13N3O2. The third-order valence-corrected chi connectivity index (χ3v) is 1.53. The van der Waals surface area contributed by atoms with Crippen molar-refractivity contribution in [2.45, 2.75) is 13.5 Å². The highest BCUT2D eigenvalue weighted by Gasteiger charge is 1.98. The lowest BCUT2D eigenvalue weighted by Gasteiger charge is -1.99. The molecule has 1 aromatic rings. The molecule has 0 fully saturated rings. The van der Waals surface area contributed by atoms with E-state index in [0.29, 0.717) is 13.1 Å². The van der Waals surface area contributed by atoms with E-state index in [1.54, 1.807) is 0 Å². The van der Waals surface area contributed by atoms with E-state index in [1.807, 2.05) is 19.1 Å². The maximum Gasteiger partial charge on any atom is 0.153 e. The second-order valence-electron chi connectivity index (χ2n) is 2.71. The normalized spacial score (nSPS) is 11.9. The van der Waals surface area contributed by atoms with Crippen LogP contribution in [0.2, 0.25) is 0 Å². The van der Waals surface area contributed by atoms with E-state index < -0.39 is 0 Å². The molecule has 0 saturated heterocycles. The van der Waals surface area contributed by atoms with E-state index in [2.05, 4.69) is 10.5 Å². The molecule has 72 valence electrons. The van der Waals surface area contributed by atoms with E-state index >= 15 is 0 Å². The van der Waals surface area contributed by atoms with Crippen LogP contribution >= 0.6 is 0 Å². The van der Waals surface area contributed by atoms with Gasteiger partial charge in [0, 0.05) is 0 Å². The van der Waals surface area contributed by atoms with Gasteiger partial charge in [-0.1, -0.05) is 5.16 Å². The fourth-order valence-electron chi connectivity index (χ4n) is 0.929. The number of furan rings is 1. The number of hydrogen-bond acceptors (Lipinski definition) is 4. The molecule has 1 rings (SSSR count). The summed E-state index contributed by atoms with van der Waals surface area (Å²) in [6, 6.07) is 3.77. The summed E-state index contributed by atoms with van der Waals surface area (Å²) in [4.78, 5) is 0. The van der Waals surface area contributed by atoms with Crippen LogP contribution in [0.5, 0.6) is 0 Å². The molecule has 5 nitrogen and oxygen atoms in total. The number of nitrogens with one attached hydrogen (secondary N) is 1. The van der Waals surface area contributed by atoms with Crippen LogP contribution in [0.3, 0.4) is 0 Å². The first-order valence-corrected chi connectivity index (χ1v) is 3.95. The van der Waals surface area contributed by atoms with E-state index in [4.69, 9.17) is 15.4 Å². The van der Waals surface area contributed by atoms with Gasteiger partial charge in [0.15, 0.2) is 5.84 Å². The van der Waals surface area contributed by atoms with Gasteiger partial charge >= 0.3 is 0 Å². The highest BCUT2D eigenvalue weighted by Crippen LogP contribution is 2.04. The van der Waals surface area contributed by atoms with Crippen molar-refractivity contribution < 1.29 is 9.62 Å². The lowest BCUT2D eigenvalue weighted by molar-refractivity contribution is 0.317.